The van der Waals surface area contributed by atoms with E-state index in [0.717, 1.165) is 29.8 Å². The number of hydrogen-bond acceptors (Lipinski definition) is 5. The van der Waals surface area contributed by atoms with Crippen molar-refractivity contribution in [1.82, 2.24) is 5.32 Å². The molecular formula is C22H22N2O4. The molecule has 2 aromatic rings. The molecule has 0 radical (unpaired) electrons. The highest BCUT2D eigenvalue weighted by molar-refractivity contribution is 6.11. The van der Waals surface area contributed by atoms with Crippen LogP contribution in [-0.2, 0) is 10.2 Å². The van der Waals surface area contributed by atoms with Crippen molar-refractivity contribution in [3.8, 4) is 17.2 Å². The molecule has 0 bridgehead atoms. The van der Waals surface area contributed by atoms with Crippen LogP contribution in [0.3, 0.4) is 0 Å². The Hall–Kier alpha value is -2.73. The van der Waals surface area contributed by atoms with Crippen LogP contribution >= 0.6 is 0 Å². The number of hydrogen-bond donors (Lipinski definition) is 1. The molecule has 6 heteroatoms. The predicted octanol–water partition coefficient (Wildman–Crippen LogP) is 2.58. The lowest BCUT2D eigenvalue weighted by Gasteiger charge is -2.23. The van der Waals surface area contributed by atoms with Crippen LogP contribution in [0.25, 0.3) is 0 Å². The molecule has 3 heterocycles. The first kappa shape index (κ1) is 16.2. The number of nitrogens with zero attached hydrogens (tertiary/aromatic N) is 1. The summed E-state index contributed by atoms with van der Waals surface area (Å²) in [5, 5.41) is 3.53. The summed E-state index contributed by atoms with van der Waals surface area (Å²) in [5.41, 5.74) is 2.10. The largest absolute Gasteiger partial charge is 0.491 e. The van der Waals surface area contributed by atoms with Crippen molar-refractivity contribution in [3.63, 3.8) is 0 Å². The van der Waals surface area contributed by atoms with Gasteiger partial charge in [-0.3, -0.25) is 4.79 Å². The number of nitrogens with one attached hydrogen (secondary N) is 1. The lowest BCUT2D eigenvalue weighted by atomic mass is 9.77. The molecule has 0 aromatic heterocycles. The maximum Gasteiger partial charge on any atom is 0.245 e. The Morgan fingerprint density at radius 1 is 1.04 bits per heavy atom. The van der Waals surface area contributed by atoms with Gasteiger partial charge in [-0.25, -0.2) is 0 Å². The van der Waals surface area contributed by atoms with E-state index in [4.69, 9.17) is 14.2 Å². The van der Waals surface area contributed by atoms with E-state index >= 15 is 0 Å². The number of benzene rings is 2. The Morgan fingerprint density at radius 3 is 2.71 bits per heavy atom. The third kappa shape index (κ3) is 2.21. The Morgan fingerprint density at radius 2 is 1.86 bits per heavy atom. The Bertz CT molecular complexity index is 971. The third-order valence-corrected chi connectivity index (χ3v) is 6.21. The molecule has 1 fully saturated rings. The summed E-state index contributed by atoms with van der Waals surface area (Å²) in [5.74, 6) is 2.17. The first-order chi connectivity index (χ1) is 13.8. The summed E-state index contributed by atoms with van der Waals surface area (Å²) in [4.78, 5) is 15.7. The quantitative estimate of drug-likeness (QED) is 0.811. The highest BCUT2D eigenvalue weighted by Crippen LogP contribution is 2.54. The van der Waals surface area contributed by atoms with Gasteiger partial charge < -0.3 is 24.4 Å². The van der Waals surface area contributed by atoms with Crippen molar-refractivity contribution < 1.29 is 19.0 Å². The normalized spacial score (nSPS) is 23.9. The number of anilines is 1. The minimum atomic E-state index is -0.795. The lowest BCUT2D eigenvalue weighted by Crippen LogP contribution is -2.43. The van der Waals surface area contributed by atoms with Gasteiger partial charge in [-0.15, -0.1) is 0 Å². The van der Waals surface area contributed by atoms with E-state index in [1.54, 1.807) is 0 Å². The van der Waals surface area contributed by atoms with Crippen molar-refractivity contribution in [1.29, 1.82) is 0 Å². The van der Waals surface area contributed by atoms with Crippen LogP contribution in [0.4, 0.5) is 5.69 Å². The molecule has 1 aliphatic carbocycles. The standard InChI is InChI=1S/C22H22N2O4/c25-21-22(12-26-18-11-20-19(10-16(18)22)27-13-28-20)15-4-1-2-5-17(15)24(21)9-3-8-23-14-6-7-14/h1-2,4-5,10-11,14,23H,3,6-9,12-13H2. The van der Waals surface area contributed by atoms with E-state index in [-0.39, 0.29) is 12.7 Å². The smallest absolute Gasteiger partial charge is 0.245 e. The van der Waals surface area contributed by atoms with Gasteiger partial charge in [-0.05, 0) is 43.5 Å². The fraction of sp³-hybridized carbons (Fsp3) is 0.409. The molecule has 1 amide bonds. The van der Waals surface area contributed by atoms with Gasteiger partial charge >= 0.3 is 0 Å². The summed E-state index contributed by atoms with van der Waals surface area (Å²) >= 11 is 0. The van der Waals surface area contributed by atoms with Crippen LogP contribution in [0, 0.1) is 0 Å². The molecule has 6 rings (SSSR count). The van der Waals surface area contributed by atoms with Crippen LogP contribution in [-0.4, -0.2) is 38.4 Å². The van der Waals surface area contributed by atoms with Gasteiger partial charge in [-0.1, -0.05) is 18.2 Å². The summed E-state index contributed by atoms with van der Waals surface area (Å²) in [6.45, 7) is 2.17. The molecule has 4 aliphatic rings. The first-order valence-corrected chi connectivity index (χ1v) is 9.99. The maximum atomic E-state index is 13.7. The molecule has 28 heavy (non-hydrogen) atoms. The highest BCUT2D eigenvalue weighted by atomic mass is 16.7. The number of fused-ring (bicyclic) bond motifs is 5. The molecule has 6 nitrogen and oxygen atoms in total. The zero-order valence-corrected chi connectivity index (χ0v) is 15.6. The summed E-state index contributed by atoms with van der Waals surface area (Å²) in [6, 6.07) is 12.6. The third-order valence-electron chi connectivity index (χ3n) is 6.21. The summed E-state index contributed by atoms with van der Waals surface area (Å²) in [7, 11) is 0. The van der Waals surface area contributed by atoms with Crippen LogP contribution in [0.5, 0.6) is 17.2 Å². The molecule has 0 saturated heterocycles. The van der Waals surface area contributed by atoms with Gasteiger partial charge in [0.2, 0.25) is 12.7 Å². The van der Waals surface area contributed by atoms with Gasteiger partial charge in [0.25, 0.3) is 0 Å². The fourth-order valence-corrected chi connectivity index (χ4v) is 4.62. The molecule has 1 saturated carbocycles. The van der Waals surface area contributed by atoms with Gasteiger partial charge in [0.05, 0.1) is 0 Å². The topological polar surface area (TPSA) is 60.0 Å². The molecule has 1 atom stereocenters. The molecule has 1 N–H and O–H groups in total. The molecule has 2 aromatic carbocycles. The van der Waals surface area contributed by atoms with Gasteiger partial charge in [0, 0.05) is 29.9 Å². The zero-order valence-electron chi connectivity index (χ0n) is 15.6. The highest BCUT2D eigenvalue weighted by Gasteiger charge is 2.57. The summed E-state index contributed by atoms with van der Waals surface area (Å²) in [6.07, 6.45) is 3.49. The van der Waals surface area contributed by atoms with E-state index in [9.17, 15) is 4.79 Å². The van der Waals surface area contributed by atoms with Crippen molar-refractivity contribution in [2.24, 2.45) is 0 Å². The van der Waals surface area contributed by atoms with Crippen LogP contribution < -0.4 is 24.4 Å². The van der Waals surface area contributed by atoms with E-state index in [1.807, 2.05) is 35.2 Å². The van der Waals surface area contributed by atoms with Crippen LogP contribution in [0.15, 0.2) is 36.4 Å². The minimum absolute atomic E-state index is 0.0951. The zero-order chi connectivity index (χ0) is 18.7. The van der Waals surface area contributed by atoms with E-state index in [2.05, 4.69) is 11.4 Å². The van der Waals surface area contributed by atoms with Gasteiger partial charge in [0.1, 0.15) is 17.8 Å². The number of para-hydroxylation sites is 1. The Balaban J connectivity index is 1.37. The Labute approximate surface area is 163 Å². The number of amides is 1. The average Bonchev–Trinajstić information content (AvgIpc) is 3.22. The summed E-state index contributed by atoms with van der Waals surface area (Å²) < 4.78 is 17.1. The SMILES string of the molecule is O=C1N(CCCNC2CC2)c2ccccc2C12COc1cc3c(cc12)OCO3. The molecule has 1 unspecified atom stereocenters. The van der Waals surface area contributed by atoms with E-state index < -0.39 is 5.41 Å². The number of ether oxygens (including phenoxy) is 3. The number of carbonyl (C=O) groups is 1. The van der Waals surface area contributed by atoms with Gasteiger partial charge in [-0.2, -0.15) is 0 Å². The molecule has 1 spiro atoms. The monoisotopic (exact) mass is 378 g/mol. The van der Waals surface area contributed by atoms with E-state index in [1.165, 1.54) is 12.8 Å². The maximum absolute atomic E-state index is 13.7. The number of rotatable bonds is 5. The minimum Gasteiger partial charge on any atom is -0.491 e. The fourth-order valence-electron chi connectivity index (χ4n) is 4.62. The second-order valence-corrected chi connectivity index (χ2v) is 7.95. The molecule has 144 valence electrons. The average molecular weight is 378 g/mol. The van der Waals surface area contributed by atoms with Crippen molar-refractivity contribution >= 4 is 11.6 Å². The second-order valence-electron chi connectivity index (χ2n) is 7.95. The van der Waals surface area contributed by atoms with Gasteiger partial charge in [0.15, 0.2) is 11.5 Å². The second kappa shape index (κ2) is 5.88. The molecule has 3 aliphatic heterocycles. The van der Waals surface area contributed by atoms with E-state index in [0.29, 0.717) is 36.4 Å². The molecular weight excluding hydrogens is 356 g/mol. The number of carbonyl (C=O) groups excluding carboxylic acids is 1. The first-order valence-electron chi connectivity index (χ1n) is 9.99. The van der Waals surface area contributed by atoms with Crippen LogP contribution in [0.1, 0.15) is 30.4 Å². The van der Waals surface area contributed by atoms with Crippen molar-refractivity contribution in [2.45, 2.75) is 30.7 Å². The predicted molar refractivity (Wildman–Crippen MR) is 103 cm³/mol. The van der Waals surface area contributed by atoms with Crippen molar-refractivity contribution in [3.05, 3.63) is 47.5 Å². The lowest BCUT2D eigenvalue weighted by molar-refractivity contribution is -0.122. The Kier molecular flexibility index (Phi) is 3.41. The van der Waals surface area contributed by atoms with Crippen molar-refractivity contribution in [2.75, 3.05) is 31.4 Å². The van der Waals surface area contributed by atoms with Crippen LogP contribution in [0.2, 0.25) is 0 Å².